The Kier molecular flexibility index (Phi) is 5.35. The fourth-order valence-electron chi connectivity index (χ4n) is 1.90. The second-order valence-electron chi connectivity index (χ2n) is 4.96. The van der Waals surface area contributed by atoms with Crippen molar-refractivity contribution in [2.24, 2.45) is 0 Å². The van der Waals surface area contributed by atoms with Gasteiger partial charge < -0.3 is 9.67 Å². The van der Waals surface area contributed by atoms with Gasteiger partial charge in [-0.25, -0.2) is 4.98 Å². The lowest BCUT2D eigenvalue weighted by atomic mass is 10.2. The minimum atomic E-state index is -0.851. The number of carboxylic acids is 1. The molecular weight excluding hydrogens is 308 g/mol. The maximum Gasteiger partial charge on any atom is 0.313 e. The lowest BCUT2D eigenvalue weighted by molar-refractivity contribution is -0.133. The fraction of sp³-hybridized carbons (Fsp3) is 0.538. The first-order valence-corrected chi connectivity index (χ1v) is 8.52. The van der Waals surface area contributed by atoms with E-state index in [1.807, 2.05) is 16.9 Å². The van der Waals surface area contributed by atoms with Gasteiger partial charge >= 0.3 is 5.97 Å². The van der Waals surface area contributed by atoms with Gasteiger partial charge in [0.15, 0.2) is 5.16 Å². The van der Waals surface area contributed by atoms with E-state index < -0.39 is 5.97 Å². The van der Waals surface area contributed by atoms with Crippen molar-refractivity contribution in [2.45, 2.75) is 44.8 Å². The van der Waals surface area contributed by atoms with Gasteiger partial charge in [0, 0.05) is 30.0 Å². The van der Waals surface area contributed by atoms with Gasteiger partial charge in [-0.1, -0.05) is 25.6 Å². The number of nitrogens with zero attached hydrogens (tertiary/aromatic N) is 4. The lowest BCUT2D eigenvalue weighted by Crippen LogP contribution is -2.10. The molecule has 2 aromatic rings. The second kappa shape index (κ2) is 7.04. The van der Waals surface area contributed by atoms with E-state index in [1.54, 1.807) is 11.3 Å². The summed E-state index contributed by atoms with van der Waals surface area (Å²) in [5, 5.41) is 20.9. The number of hydrogen-bond donors (Lipinski definition) is 1. The third-order valence-electron chi connectivity index (χ3n) is 2.80. The number of rotatable bonds is 7. The summed E-state index contributed by atoms with van der Waals surface area (Å²) >= 11 is 2.85. The summed E-state index contributed by atoms with van der Waals surface area (Å²) in [6.07, 6.45) is 0.802. The monoisotopic (exact) mass is 326 g/mol. The Labute approximate surface area is 131 Å². The van der Waals surface area contributed by atoms with Gasteiger partial charge in [0.1, 0.15) is 5.82 Å². The zero-order valence-electron chi connectivity index (χ0n) is 12.2. The van der Waals surface area contributed by atoms with Crippen LogP contribution >= 0.6 is 23.1 Å². The number of carbonyl (C=O) groups is 1. The molecule has 0 unspecified atom stereocenters. The molecule has 8 heteroatoms. The molecule has 0 atom stereocenters. The minimum absolute atomic E-state index is 0.00735. The number of carboxylic acid groups (broad SMARTS) is 1. The van der Waals surface area contributed by atoms with E-state index in [9.17, 15) is 4.79 Å². The number of aliphatic carboxylic acids is 1. The molecule has 6 nitrogen and oxygen atoms in total. The zero-order chi connectivity index (χ0) is 15.4. The summed E-state index contributed by atoms with van der Waals surface area (Å²) < 4.78 is 2.01. The molecule has 21 heavy (non-hydrogen) atoms. The highest BCUT2D eigenvalue weighted by Crippen LogP contribution is 2.22. The van der Waals surface area contributed by atoms with Crippen LogP contribution in [0.1, 0.15) is 36.3 Å². The van der Waals surface area contributed by atoms with Crippen LogP contribution in [-0.2, 0) is 17.8 Å². The van der Waals surface area contributed by atoms with Gasteiger partial charge in [0.2, 0.25) is 0 Å². The molecule has 2 aromatic heterocycles. The molecule has 0 aliphatic rings. The second-order valence-corrected chi connectivity index (χ2v) is 6.85. The Morgan fingerprint density at radius 1 is 1.48 bits per heavy atom. The number of thioether (sulfide) groups is 1. The highest BCUT2D eigenvalue weighted by atomic mass is 32.2. The van der Waals surface area contributed by atoms with E-state index in [4.69, 9.17) is 5.11 Å². The van der Waals surface area contributed by atoms with E-state index in [1.165, 1.54) is 11.8 Å². The average molecular weight is 326 g/mol. The number of thiazole rings is 1. The third kappa shape index (κ3) is 4.28. The molecule has 0 spiro atoms. The Bertz CT molecular complexity index is 621. The molecule has 0 saturated heterocycles. The topological polar surface area (TPSA) is 80.9 Å². The van der Waals surface area contributed by atoms with E-state index >= 15 is 0 Å². The molecule has 2 heterocycles. The Hall–Kier alpha value is -1.41. The predicted molar refractivity (Wildman–Crippen MR) is 83.0 cm³/mol. The SMILES string of the molecule is Cc1csc(CCn2c(SCC(=O)O)nnc2C(C)C)n1. The number of aryl methyl sites for hydroxylation is 2. The van der Waals surface area contributed by atoms with Crippen molar-refractivity contribution in [1.82, 2.24) is 19.7 Å². The van der Waals surface area contributed by atoms with Crippen LogP contribution in [-0.4, -0.2) is 36.6 Å². The zero-order valence-corrected chi connectivity index (χ0v) is 13.9. The quantitative estimate of drug-likeness (QED) is 0.788. The largest absolute Gasteiger partial charge is 0.481 e. The first-order valence-electron chi connectivity index (χ1n) is 6.66. The van der Waals surface area contributed by atoms with Crippen molar-refractivity contribution in [3.8, 4) is 0 Å². The Balaban J connectivity index is 2.13. The normalized spacial score (nSPS) is 11.2. The molecule has 0 radical (unpaired) electrons. The highest BCUT2D eigenvalue weighted by Gasteiger charge is 2.16. The van der Waals surface area contributed by atoms with Crippen molar-refractivity contribution < 1.29 is 9.90 Å². The molecule has 2 rings (SSSR count). The number of hydrogen-bond acceptors (Lipinski definition) is 6. The smallest absolute Gasteiger partial charge is 0.313 e. The molecule has 0 aliphatic heterocycles. The van der Waals surface area contributed by atoms with Crippen molar-refractivity contribution in [2.75, 3.05) is 5.75 Å². The Morgan fingerprint density at radius 3 is 2.81 bits per heavy atom. The van der Waals surface area contributed by atoms with Gasteiger partial charge in [-0.3, -0.25) is 4.79 Å². The van der Waals surface area contributed by atoms with Gasteiger partial charge in [0.05, 0.1) is 10.8 Å². The van der Waals surface area contributed by atoms with Crippen LogP contribution in [0, 0.1) is 6.92 Å². The molecule has 1 N–H and O–H groups in total. The van der Waals surface area contributed by atoms with E-state index in [2.05, 4.69) is 29.0 Å². The van der Waals surface area contributed by atoms with Crippen LogP contribution in [0.5, 0.6) is 0 Å². The van der Waals surface area contributed by atoms with E-state index in [0.717, 1.165) is 29.5 Å². The summed E-state index contributed by atoms with van der Waals surface area (Å²) in [6, 6.07) is 0. The van der Waals surface area contributed by atoms with E-state index in [0.29, 0.717) is 5.16 Å². The van der Waals surface area contributed by atoms with Gasteiger partial charge in [-0.15, -0.1) is 21.5 Å². The molecule has 0 aliphatic carbocycles. The van der Waals surface area contributed by atoms with Crippen LogP contribution < -0.4 is 0 Å². The molecule has 0 amide bonds. The van der Waals surface area contributed by atoms with Crippen LogP contribution in [0.4, 0.5) is 0 Å². The van der Waals surface area contributed by atoms with Crippen molar-refractivity contribution in [3.05, 3.63) is 21.9 Å². The van der Waals surface area contributed by atoms with Crippen molar-refractivity contribution >= 4 is 29.1 Å². The number of aromatic nitrogens is 4. The standard InChI is InChI=1S/C13H18N4O2S2/c1-8(2)12-15-16-13(21-7-11(18)19)17(12)5-4-10-14-9(3)6-20-10/h6,8H,4-5,7H2,1-3H3,(H,18,19). The average Bonchev–Trinajstić information content (AvgIpc) is 2.99. The molecule has 114 valence electrons. The third-order valence-corrected chi connectivity index (χ3v) is 4.78. The molecule has 0 fully saturated rings. The molecule has 0 aromatic carbocycles. The first kappa shape index (κ1) is 16.0. The van der Waals surface area contributed by atoms with Crippen molar-refractivity contribution in [3.63, 3.8) is 0 Å². The van der Waals surface area contributed by atoms with Gasteiger partial charge in [0.25, 0.3) is 0 Å². The minimum Gasteiger partial charge on any atom is -0.481 e. The van der Waals surface area contributed by atoms with Crippen LogP contribution in [0.25, 0.3) is 0 Å². The summed E-state index contributed by atoms with van der Waals surface area (Å²) in [7, 11) is 0. The van der Waals surface area contributed by atoms with Gasteiger partial charge in [-0.2, -0.15) is 0 Å². The summed E-state index contributed by atoms with van der Waals surface area (Å²) in [6.45, 7) is 6.81. The van der Waals surface area contributed by atoms with Crippen LogP contribution in [0.3, 0.4) is 0 Å². The maximum atomic E-state index is 10.7. The lowest BCUT2D eigenvalue weighted by Gasteiger charge is -2.10. The predicted octanol–water partition coefficient (Wildman–Crippen LogP) is 2.59. The summed E-state index contributed by atoms with van der Waals surface area (Å²) in [5.41, 5.74) is 1.03. The van der Waals surface area contributed by atoms with Gasteiger partial charge in [-0.05, 0) is 6.92 Å². The maximum absolute atomic E-state index is 10.7. The summed E-state index contributed by atoms with van der Waals surface area (Å²) in [5.74, 6) is 0.272. The summed E-state index contributed by atoms with van der Waals surface area (Å²) in [4.78, 5) is 15.2. The van der Waals surface area contributed by atoms with Crippen LogP contribution in [0.15, 0.2) is 10.5 Å². The van der Waals surface area contributed by atoms with Crippen LogP contribution in [0.2, 0.25) is 0 Å². The molecule has 0 saturated carbocycles. The first-order chi connectivity index (χ1) is 9.97. The molecular formula is C13H18N4O2S2. The Morgan fingerprint density at radius 2 is 2.24 bits per heavy atom. The fourth-order valence-corrected chi connectivity index (χ4v) is 3.35. The molecule has 0 bridgehead atoms. The van der Waals surface area contributed by atoms with Crippen molar-refractivity contribution in [1.29, 1.82) is 0 Å². The highest BCUT2D eigenvalue weighted by molar-refractivity contribution is 7.99. The van der Waals surface area contributed by atoms with E-state index in [-0.39, 0.29) is 11.7 Å².